The van der Waals surface area contributed by atoms with Gasteiger partial charge in [-0.25, -0.2) is 4.98 Å². The first-order chi connectivity index (χ1) is 14.9. The number of benzene rings is 2. The number of aryl methyl sites for hydroxylation is 1. The summed E-state index contributed by atoms with van der Waals surface area (Å²) in [7, 11) is 3.57. The predicted molar refractivity (Wildman–Crippen MR) is 127 cm³/mol. The highest BCUT2D eigenvalue weighted by molar-refractivity contribution is 6.31. The zero-order chi connectivity index (χ0) is 21.7. The largest absolute Gasteiger partial charge is 0.359 e. The third kappa shape index (κ3) is 3.64. The van der Waals surface area contributed by atoms with E-state index in [4.69, 9.17) is 11.6 Å². The molecule has 1 aromatic heterocycles. The van der Waals surface area contributed by atoms with Gasteiger partial charge in [-0.2, -0.15) is 0 Å². The molecule has 1 saturated carbocycles. The molecule has 1 N–H and O–H groups in total. The molecule has 2 heterocycles. The van der Waals surface area contributed by atoms with Crippen molar-refractivity contribution in [2.24, 2.45) is 18.9 Å². The highest BCUT2D eigenvalue weighted by Crippen LogP contribution is 2.51. The van der Waals surface area contributed by atoms with E-state index in [9.17, 15) is 4.79 Å². The van der Waals surface area contributed by atoms with Gasteiger partial charge in [-0.1, -0.05) is 35.9 Å². The van der Waals surface area contributed by atoms with Crippen molar-refractivity contribution in [2.45, 2.75) is 25.7 Å². The standard InChI is InChI=1S/C25H29ClN4O/c1-15-21(24(31)29(3)25(27-2)28-15)8-9-30-13-19-12-22(23(19)14-30)18-5-4-17-11-20(26)7-6-16(17)10-18/h4-7,10-11,19,22-23H,8-9,12-14H2,1-3H3,(H,27,28). The molecule has 3 aromatic rings. The van der Waals surface area contributed by atoms with Crippen LogP contribution in [0, 0.1) is 18.8 Å². The maximum absolute atomic E-state index is 12.7. The highest BCUT2D eigenvalue weighted by Gasteiger charge is 2.47. The molecule has 3 atom stereocenters. The lowest BCUT2D eigenvalue weighted by Gasteiger charge is -2.40. The lowest BCUT2D eigenvalue weighted by atomic mass is 9.64. The van der Waals surface area contributed by atoms with E-state index in [1.807, 2.05) is 19.1 Å². The second kappa shape index (κ2) is 7.95. The molecule has 0 bridgehead atoms. The van der Waals surface area contributed by atoms with Gasteiger partial charge >= 0.3 is 0 Å². The number of halogens is 1. The third-order valence-electron chi connectivity index (χ3n) is 7.39. The summed E-state index contributed by atoms with van der Waals surface area (Å²) in [5, 5.41) is 6.25. The Morgan fingerprint density at radius 3 is 2.74 bits per heavy atom. The minimum Gasteiger partial charge on any atom is -0.359 e. The Bertz CT molecular complexity index is 1200. The van der Waals surface area contributed by atoms with Crippen LogP contribution in [0.15, 0.2) is 41.2 Å². The Kier molecular flexibility index (Phi) is 5.27. The van der Waals surface area contributed by atoms with E-state index in [1.165, 1.54) is 22.8 Å². The topological polar surface area (TPSA) is 50.2 Å². The van der Waals surface area contributed by atoms with Crippen LogP contribution in [0.25, 0.3) is 10.8 Å². The van der Waals surface area contributed by atoms with Gasteiger partial charge in [0, 0.05) is 50.0 Å². The number of nitrogens with one attached hydrogen (secondary N) is 1. The van der Waals surface area contributed by atoms with Crippen LogP contribution >= 0.6 is 11.6 Å². The summed E-state index contributed by atoms with van der Waals surface area (Å²) in [6, 6.07) is 13.0. The quantitative estimate of drug-likeness (QED) is 0.650. The lowest BCUT2D eigenvalue weighted by Crippen LogP contribution is -2.33. The second-order valence-corrected chi connectivity index (χ2v) is 9.58. The number of rotatable bonds is 5. The van der Waals surface area contributed by atoms with E-state index < -0.39 is 0 Å². The van der Waals surface area contributed by atoms with Crippen LogP contribution in [0.5, 0.6) is 0 Å². The molecule has 5 rings (SSSR count). The van der Waals surface area contributed by atoms with Gasteiger partial charge < -0.3 is 10.2 Å². The average Bonchev–Trinajstić information content (AvgIpc) is 3.06. The number of hydrogen-bond donors (Lipinski definition) is 1. The molecule has 2 fully saturated rings. The van der Waals surface area contributed by atoms with Crippen LogP contribution in [0.1, 0.15) is 29.2 Å². The number of hydrogen-bond acceptors (Lipinski definition) is 4. The van der Waals surface area contributed by atoms with Gasteiger partial charge in [0.1, 0.15) is 0 Å². The van der Waals surface area contributed by atoms with Gasteiger partial charge in [-0.15, -0.1) is 0 Å². The van der Waals surface area contributed by atoms with E-state index in [2.05, 4.69) is 39.5 Å². The summed E-state index contributed by atoms with van der Waals surface area (Å²) >= 11 is 6.13. The molecule has 1 saturated heterocycles. The second-order valence-electron chi connectivity index (χ2n) is 9.14. The monoisotopic (exact) mass is 436 g/mol. The molecule has 162 valence electrons. The van der Waals surface area contributed by atoms with Crippen LogP contribution in [0.3, 0.4) is 0 Å². The van der Waals surface area contributed by atoms with E-state index in [0.29, 0.717) is 11.9 Å². The summed E-state index contributed by atoms with van der Waals surface area (Å²) in [6.07, 6.45) is 2.02. The van der Waals surface area contributed by atoms with Crippen LogP contribution in [-0.4, -0.2) is 41.1 Å². The van der Waals surface area contributed by atoms with Crippen molar-refractivity contribution in [1.82, 2.24) is 14.5 Å². The van der Waals surface area contributed by atoms with Crippen LogP contribution in [-0.2, 0) is 13.5 Å². The molecule has 5 nitrogen and oxygen atoms in total. The van der Waals surface area contributed by atoms with Crippen molar-refractivity contribution >= 4 is 28.3 Å². The molecule has 2 aliphatic rings. The molecule has 0 spiro atoms. The SMILES string of the molecule is CNc1nc(C)c(CCN2CC3CC(c4ccc5cc(Cl)ccc5c4)C3C2)c(=O)n1C. The molecular formula is C25H29ClN4O. The van der Waals surface area contributed by atoms with E-state index in [0.717, 1.165) is 54.2 Å². The normalized spacial score (nSPS) is 23.0. The highest BCUT2D eigenvalue weighted by atomic mass is 35.5. The number of likely N-dealkylation sites (tertiary alicyclic amines) is 1. The van der Waals surface area contributed by atoms with Crippen LogP contribution < -0.4 is 10.9 Å². The van der Waals surface area contributed by atoms with Gasteiger partial charge in [0.2, 0.25) is 5.95 Å². The average molecular weight is 437 g/mol. The fourth-order valence-electron chi connectivity index (χ4n) is 5.57. The molecule has 2 aromatic carbocycles. The summed E-state index contributed by atoms with van der Waals surface area (Å²) in [5.41, 5.74) is 3.19. The summed E-state index contributed by atoms with van der Waals surface area (Å²) < 4.78 is 1.61. The molecule has 0 amide bonds. The smallest absolute Gasteiger partial charge is 0.258 e. The fourth-order valence-corrected chi connectivity index (χ4v) is 5.75. The van der Waals surface area contributed by atoms with Crippen molar-refractivity contribution in [2.75, 3.05) is 32.0 Å². The zero-order valence-electron chi connectivity index (χ0n) is 18.4. The summed E-state index contributed by atoms with van der Waals surface area (Å²) in [6.45, 7) is 5.13. The number of fused-ring (bicyclic) bond motifs is 2. The number of aromatic nitrogens is 2. The Morgan fingerprint density at radius 1 is 1.16 bits per heavy atom. The van der Waals surface area contributed by atoms with Crippen molar-refractivity contribution < 1.29 is 0 Å². The minimum absolute atomic E-state index is 0.0631. The molecule has 3 unspecified atom stereocenters. The first kappa shape index (κ1) is 20.5. The van der Waals surface area contributed by atoms with Gasteiger partial charge in [-0.3, -0.25) is 9.36 Å². The van der Waals surface area contributed by atoms with Gasteiger partial charge in [0.25, 0.3) is 5.56 Å². The van der Waals surface area contributed by atoms with Crippen molar-refractivity contribution in [1.29, 1.82) is 0 Å². The van der Waals surface area contributed by atoms with Gasteiger partial charge in [0.15, 0.2) is 0 Å². The zero-order valence-corrected chi connectivity index (χ0v) is 19.1. The predicted octanol–water partition coefficient (Wildman–Crippen LogP) is 4.22. The number of nitrogens with zero attached hydrogens (tertiary/aromatic N) is 3. The molecule has 0 radical (unpaired) electrons. The van der Waals surface area contributed by atoms with E-state index >= 15 is 0 Å². The summed E-state index contributed by atoms with van der Waals surface area (Å²) in [4.78, 5) is 19.8. The first-order valence-electron chi connectivity index (χ1n) is 11.1. The molecule has 31 heavy (non-hydrogen) atoms. The maximum atomic E-state index is 12.7. The lowest BCUT2D eigenvalue weighted by molar-refractivity contribution is 0.191. The maximum Gasteiger partial charge on any atom is 0.258 e. The fraction of sp³-hybridized carbons (Fsp3) is 0.440. The van der Waals surface area contributed by atoms with Crippen LogP contribution in [0.4, 0.5) is 5.95 Å². The van der Waals surface area contributed by atoms with Crippen LogP contribution in [0.2, 0.25) is 5.02 Å². The molecule has 1 aliphatic carbocycles. The molecule has 6 heteroatoms. The minimum atomic E-state index is 0.0631. The first-order valence-corrected chi connectivity index (χ1v) is 11.5. The Morgan fingerprint density at radius 2 is 1.94 bits per heavy atom. The third-order valence-corrected chi connectivity index (χ3v) is 7.62. The molecular weight excluding hydrogens is 408 g/mol. The Labute approximate surface area is 188 Å². The van der Waals surface area contributed by atoms with E-state index in [1.54, 1.807) is 18.7 Å². The Balaban J connectivity index is 1.26. The Hall–Kier alpha value is -2.37. The van der Waals surface area contributed by atoms with Crippen molar-refractivity contribution in [3.63, 3.8) is 0 Å². The van der Waals surface area contributed by atoms with Crippen molar-refractivity contribution in [3.8, 4) is 0 Å². The number of anilines is 1. The van der Waals surface area contributed by atoms with E-state index in [-0.39, 0.29) is 5.56 Å². The summed E-state index contributed by atoms with van der Waals surface area (Å²) in [5.74, 6) is 2.75. The van der Waals surface area contributed by atoms with Crippen molar-refractivity contribution in [3.05, 3.63) is 68.6 Å². The van der Waals surface area contributed by atoms with Gasteiger partial charge in [0.05, 0.1) is 0 Å². The van der Waals surface area contributed by atoms with Gasteiger partial charge in [-0.05, 0) is 66.0 Å². The molecule has 1 aliphatic heterocycles.